The molecule has 10 heteroatoms. The van der Waals surface area contributed by atoms with Crippen molar-refractivity contribution in [3.05, 3.63) is 70.8 Å². The van der Waals surface area contributed by atoms with E-state index < -0.39 is 6.17 Å². The molecule has 42 heavy (non-hydrogen) atoms. The number of piperazine rings is 1. The van der Waals surface area contributed by atoms with Crippen molar-refractivity contribution in [2.24, 2.45) is 4.99 Å². The standard InChI is InChI=1S/C32H39FN8O/c1-2-25-18-36-26(19-35-25)21-39-9-7-24(8-10-39)27-15-29-30(16-28(27)33)38-31(37-29)32(42)41-13-11-40(12-14-41)20-23-5-3-22(17-34)4-6-23/h3-6,15-16,18,24,31,35,37-38H,2,7-14,19-21H2,1H3. The fourth-order valence-corrected chi connectivity index (χ4v) is 6.31. The third-order valence-corrected chi connectivity index (χ3v) is 8.89. The molecule has 2 fully saturated rings. The number of nitrogens with one attached hydrogen (secondary N) is 3. The highest BCUT2D eigenvalue weighted by molar-refractivity contribution is 5.93. The summed E-state index contributed by atoms with van der Waals surface area (Å²) in [7, 11) is 0. The predicted molar refractivity (Wildman–Crippen MR) is 163 cm³/mol. The second kappa shape index (κ2) is 12.5. The van der Waals surface area contributed by atoms with Crippen molar-refractivity contribution >= 4 is 23.0 Å². The smallest absolute Gasteiger partial charge is 0.265 e. The zero-order valence-electron chi connectivity index (χ0n) is 24.2. The molecule has 220 valence electrons. The number of piperidine rings is 1. The lowest BCUT2D eigenvalue weighted by molar-refractivity contribution is -0.133. The highest BCUT2D eigenvalue weighted by Gasteiger charge is 2.33. The molecule has 0 saturated carbocycles. The van der Waals surface area contributed by atoms with Gasteiger partial charge in [0, 0.05) is 51.2 Å². The van der Waals surface area contributed by atoms with Crippen molar-refractivity contribution in [1.29, 1.82) is 5.26 Å². The van der Waals surface area contributed by atoms with Gasteiger partial charge in [0.05, 0.1) is 35.3 Å². The average Bonchev–Trinajstić information content (AvgIpc) is 3.45. The van der Waals surface area contributed by atoms with E-state index in [0.29, 0.717) is 24.3 Å². The largest absolute Gasteiger partial charge is 0.382 e. The number of carbonyl (C=O) groups is 1. The van der Waals surface area contributed by atoms with Crippen molar-refractivity contribution in [2.45, 2.75) is 44.8 Å². The number of carbonyl (C=O) groups excluding carboxylic acids is 1. The normalized spacial score (nSPS) is 21.4. The van der Waals surface area contributed by atoms with Crippen molar-refractivity contribution in [3.63, 3.8) is 0 Å². The Morgan fingerprint density at radius 2 is 1.69 bits per heavy atom. The van der Waals surface area contributed by atoms with E-state index >= 15 is 4.39 Å². The molecule has 3 N–H and O–H groups in total. The molecule has 0 aliphatic carbocycles. The van der Waals surface area contributed by atoms with Crippen LogP contribution in [0.4, 0.5) is 15.8 Å². The number of allylic oxidation sites excluding steroid dienone is 1. The first-order valence-electron chi connectivity index (χ1n) is 15.1. The number of fused-ring (bicyclic) bond motifs is 1. The van der Waals surface area contributed by atoms with Gasteiger partial charge in [-0.15, -0.1) is 0 Å². The highest BCUT2D eigenvalue weighted by Crippen LogP contribution is 2.38. The van der Waals surface area contributed by atoms with Crippen LogP contribution in [0, 0.1) is 17.1 Å². The lowest BCUT2D eigenvalue weighted by Crippen LogP contribution is -2.53. The Balaban J connectivity index is 0.996. The summed E-state index contributed by atoms with van der Waals surface area (Å²) < 4.78 is 15.3. The van der Waals surface area contributed by atoms with Crippen molar-refractivity contribution in [3.8, 4) is 6.07 Å². The fourth-order valence-electron chi connectivity index (χ4n) is 6.31. The minimum atomic E-state index is -0.589. The molecule has 1 atom stereocenters. The Labute approximate surface area is 247 Å². The molecule has 2 aromatic carbocycles. The van der Waals surface area contributed by atoms with E-state index in [1.807, 2.05) is 41.4 Å². The van der Waals surface area contributed by atoms with Crippen LogP contribution in [0.1, 0.15) is 48.8 Å². The Bertz CT molecular complexity index is 1400. The highest BCUT2D eigenvalue weighted by atomic mass is 19.1. The first kappa shape index (κ1) is 28.2. The van der Waals surface area contributed by atoms with Crippen LogP contribution in [0.15, 0.2) is 53.3 Å². The molecule has 4 heterocycles. The molecule has 1 amide bonds. The summed E-state index contributed by atoms with van der Waals surface area (Å²) >= 11 is 0. The van der Waals surface area contributed by atoms with Crippen LogP contribution >= 0.6 is 0 Å². The van der Waals surface area contributed by atoms with Gasteiger partial charge in [0.15, 0.2) is 6.17 Å². The summed E-state index contributed by atoms with van der Waals surface area (Å²) in [6.45, 7) is 9.23. The second-order valence-corrected chi connectivity index (χ2v) is 11.7. The topological polar surface area (TPSA) is 99.0 Å². The van der Waals surface area contributed by atoms with Gasteiger partial charge in [0.2, 0.25) is 0 Å². The minimum absolute atomic E-state index is 0.0134. The number of nitriles is 1. The third kappa shape index (κ3) is 6.27. The number of rotatable bonds is 7. The number of aliphatic imine (C=N–C) groups is 1. The van der Waals surface area contributed by atoms with Crippen LogP contribution in [-0.4, -0.2) is 84.8 Å². The van der Waals surface area contributed by atoms with Crippen LogP contribution in [0.2, 0.25) is 0 Å². The lowest BCUT2D eigenvalue weighted by Gasteiger charge is -2.36. The number of anilines is 2. The maximum atomic E-state index is 15.3. The molecule has 2 aromatic rings. The summed E-state index contributed by atoms with van der Waals surface area (Å²) in [6.07, 6.45) is 4.11. The molecule has 4 aliphatic rings. The van der Waals surface area contributed by atoms with E-state index in [1.54, 1.807) is 6.07 Å². The summed E-state index contributed by atoms with van der Waals surface area (Å²) in [5.74, 6) is -0.0603. The molecule has 1 unspecified atom stereocenters. The second-order valence-electron chi connectivity index (χ2n) is 11.7. The van der Waals surface area contributed by atoms with Gasteiger partial charge >= 0.3 is 0 Å². The maximum Gasteiger partial charge on any atom is 0.265 e. The monoisotopic (exact) mass is 570 g/mol. The zero-order valence-corrected chi connectivity index (χ0v) is 24.2. The van der Waals surface area contributed by atoms with Gasteiger partial charge < -0.3 is 20.9 Å². The number of nitrogens with zero attached hydrogens (tertiary/aromatic N) is 5. The van der Waals surface area contributed by atoms with Crippen LogP contribution in [0.3, 0.4) is 0 Å². The van der Waals surface area contributed by atoms with E-state index in [9.17, 15) is 4.79 Å². The van der Waals surface area contributed by atoms with Crippen molar-refractivity contribution < 1.29 is 9.18 Å². The van der Waals surface area contributed by atoms with Gasteiger partial charge in [-0.2, -0.15) is 5.26 Å². The van der Waals surface area contributed by atoms with Crippen molar-refractivity contribution in [2.75, 3.05) is 63.0 Å². The fraction of sp³-hybridized carbons (Fsp3) is 0.469. The minimum Gasteiger partial charge on any atom is -0.382 e. The van der Waals surface area contributed by atoms with Crippen LogP contribution < -0.4 is 16.0 Å². The van der Waals surface area contributed by atoms with E-state index in [4.69, 9.17) is 5.26 Å². The lowest BCUT2D eigenvalue weighted by atomic mass is 9.88. The Morgan fingerprint density at radius 1 is 1.00 bits per heavy atom. The number of halogens is 1. The number of likely N-dealkylation sites (tertiary alicyclic amines) is 1. The summed E-state index contributed by atoms with van der Waals surface area (Å²) in [4.78, 5) is 24.6. The van der Waals surface area contributed by atoms with E-state index in [-0.39, 0.29) is 17.6 Å². The number of amides is 1. The summed E-state index contributed by atoms with van der Waals surface area (Å²) in [6, 6.07) is 13.3. The molecule has 9 nitrogen and oxygen atoms in total. The molecular weight excluding hydrogens is 531 g/mol. The molecule has 4 aliphatic heterocycles. The van der Waals surface area contributed by atoms with Crippen LogP contribution in [0.5, 0.6) is 0 Å². The molecule has 0 bridgehead atoms. The third-order valence-electron chi connectivity index (χ3n) is 8.89. The van der Waals surface area contributed by atoms with E-state index in [0.717, 1.165) is 87.6 Å². The maximum absolute atomic E-state index is 15.3. The number of benzene rings is 2. The molecule has 0 radical (unpaired) electrons. The predicted octanol–water partition coefficient (Wildman–Crippen LogP) is 3.68. The molecule has 6 rings (SSSR count). The Hall–Kier alpha value is -3.94. The SMILES string of the molecule is CCC1=CN=C(CN2CCC(c3cc4c(cc3F)NC(C(=O)N3CCN(Cc5ccc(C#N)cc5)CC3)N4)CC2)CN1. The molecule has 0 spiro atoms. The van der Waals surface area contributed by atoms with Gasteiger partial charge in [-0.25, -0.2) is 4.39 Å². The molecule has 0 aromatic heterocycles. The van der Waals surface area contributed by atoms with Crippen molar-refractivity contribution in [1.82, 2.24) is 20.0 Å². The van der Waals surface area contributed by atoms with E-state index in [2.05, 4.69) is 43.7 Å². The number of hydrogen-bond donors (Lipinski definition) is 3. The van der Waals surface area contributed by atoms with Gasteiger partial charge in [-0.1, -0.05) is 19.1 Å². The van der Waals surface area contributed by atoms with Crippen LogP contribution in [0.25, 0.3) is 0 Å². The van der Waals surface area contributed by atoms with Gasteiger partial charge in [0.1, 0.15) is 5.82 Å². The molecular formula is C32H39FN8O. The average molecular weight is 571 g/mol. The molecule has 2 saturated heterocycles. The van der Waals surface area contributed by atoms with Crippen LogP contribution in [-0.2, 0) is 11.3 Å². The van der Waals surface area contributed by atoms with Gasteiger partial charge in [-0.05, 0) is 73.7 Å². The van der Waals surface area contributed by atoms with Gasteiger partial charge in [-0.3, -0.25) is 19.6 Å². The Morgan fingerprint density at radius 3 is 2.33 bits per heavy atom. The number of hydrogen-bond acceptors (Lipinski definition) is 8. The first-order chi connectivity index (χ1) is 20.5. The first-order valence-corrected chi connectivity index (χ1v) is 15.1. The Kier molecular flexibility index (Phi) is 8.40. The van der Waals surface area contributed by atoms with Gasteiger partial charge in [0.25, 0.3) is 5.91 Å². The van der Waals surface area contributed by atoms with E-state index in [1.165, 1.54) is 5.70 Å². The quantitative estimate of drug-likeness (QED) is 0.467. The summed E-state index contributed by atoms with van der Waals surface area (Å²) in [5.41, 5.74) is 6.32. The summed E-state index contributed by atoms with van der Waals surface area (Å²) in [5, 5.41) is 19.0. The zero-order chi connectivity index (χ0) is 29.1.